The van der Waals surface area contributed by atoms with Gasteiger partial charge in [-0.2, -0.15) is 0 Å². The van der Waals surface area contributed by atoms with Crippen LogP contribution in [0.3, 0.4) is 0 Å². The molecule has 2 aromatic rings. The SMILES string of the molecule is CCc1cccc(CC)c1Nc1cc(N2CCN(C=O)CC2)nc(C)n1. The fourth-order valence-corrected chi connectivity index (χ4v) is 3.37. The summed E-state index contributed by atoms with van der Waals surface area (Å²) in [6.07, 6.45) is 2.87. The number of rotatable bonds is 6. The summed E-state index contributed by atoms with van der Waals surface area (Å²) < 4.78 is 0. The molecule has 1 aliphatic heterocycles. The molecule has 1 saturated heterocycles. The van der Waals surface area contributed by atoms with E-state index < -0.39 is 0 Å². The van der Waals surface area contributed by atoms with Gasteiger partial charge in [0.25, 0.3) is 0 Å². The second-order valence-electron chi connectivity index (χ2n) is 6.57. The summed E-state index contributed by atoms with van der Waals surface area (Å²) in [5.74, 6) is 2.48. The summed E-state index contributed by atoms with van der Waals surface area (Å²) in [6.45, 7) is 9.30. The Morgan fingerprint density at radius 3 is 2.31 bits per heavy atom. The molecule has 138 valence electrons. The number of carbonyl (C=O) groups is 1. The monoisotopic (exact) mass is 353 g/mol. The predicted octanol–water partition coefficient (Wildman–Crippen LogP) is 2.93. The topological polar surface area (TPSA) is 61.4 Å². The number of carbonyl (C=O) groups excluding carboxylic acids is 1. The summed E-state index contributed by atoms with van der Waals surface area (Å²) in [4.78, 5) is 24.1. The second-order valence-corrected chi connectivity index (χ2v) is 6.57. The molecule has 26 heavy (non-hydrogen) atoms. The van der Waals surface area contributed by atoms with Gasteiger partial charge in [0.05, 0.1) is 0 Å². The summed E-state index contributed by atoms with van der Waals surface area (Å²) in [7, 11) is 0. The highest BCUT2D eigenvalue weighted by Crippen LogP contribution is 2.27. The summed E-state index contributed by atoms with van der Waals surface area (Å²) in [6, 6.07) is 8.45. The van der Waals surface area contributed by atoms with Crippen LogP contribution in [-0.4, -0.2) is 47.5 Å². The van der Waals surface area contributed by atoms with E-state index in [4.69, 9.17) is 0 Å². The van der Waals surface area contributed by atoms with Gasteiger partial charge in [0.1, 0.15) is 17.5 Å². The quantitative estimate of drug-likeness (QED) is 0.809. The van der Waals surface area contributed by atoms with E-state index in [1.54, 1.807) is 4.90 Å². The van der Waals surface area contributed by atoms with Gasteiger partial charge in [-0.3, -0.25) is 4.79 Å². The molecule has 0 spiro atoms. The molecule has 1 N–H and O–H groups in total. The molecule has 0 bridgehead atoms. The van der Waals surface area contributed by atoms with Crippen LogP contribution in [0.5, 0.6) is 0 Å². The molecule has 1 fully saturated rings. The fraction of sp³-hybridized carbons (Fsp3) is 0.450. The van der Waals surface area contributed by atoms with Crippen molar-refractivity contribution in [2.75, 3.05) is 36.4 Å². The smallest absolute Gasteiger partial charge is 0.209 e. The highest BCUT2D eigenvalue weighted by Gasteiger charge is 2.18. The summed E-state index contributed by atoms with van der Waals surface area (Å²) in [5.41, 5.74) is 3.75. The molecular formula is C20H27N5O. The number of anilines is 3. The largest absolute Gasteiger partial charge is 0.353 e. The Balaban J connectivity index is 1.86. The molecule has 6 heteroatoms. The van der Waals surface area contributed by atoms with E-state index in [-0.39, 0.29) is 0 Å². The molecule has 0 radical (unpaired) electrons. The summed E-state index contributed by atoms with van der Waals surface area (Å²) in [5, 5.41) is 3.54. The second kappa shape index (κ2) is 8.17. The number of aromatic nitrogens is 2. The third-order valence-corrected chi connectivity index (χ3v) is 4.86. The van der Waals surface area contributed by atoms with Crippen molar-refractivity contribution in [3.05, 3.63) is 41.2 Å². The van der Waals surface area contributed by atoms with Crippen LogP contribution in [0.25, 0.3) is 0 Å². The first-order chi connectivity index (χ1) is 12.6. The molecule has 1 aromatic heterocycles. The minimum absolute atomic E-state index is 0.730. The molecule has 1 amide bonds. The average Bonchev–Trinajstić information content (AvgIpc) is 2.67. The van der Waals surface area contributed by atoms with E-state index in [1.807, 2.05) is 13.0 Å². The normalized spacial score (nSPS) is 14.4. The van der Waals surface area contributed by atoms with Crippen LogP contribution in [-0.2, 0) is 17.6 Å². The van der Waals surface area contributed by atoms with E-state index in [0.717, 1.165) is 68.6 Å². The molecule has 1 aliphatic rings. The minimum Gasteiger partial charge on any atom is -0.353 e. The molecular weight excluding hydrogens is 326 g/mol. The number of aryl methyl sites for hydroxylation is 3. The zero-order valence-corrected chi connectivity index (χ0v) is 15.8. The Kier molecular flexibility index (Phi) is 5.71. The number of hydrogen-bond donors (Lipinski definition) is 1. The van der Waals surface area contributed by atoms with Gasteiger partial charge in [-0.05, 0) is 30.9 Å². The van der Waals surface area contributed by atoms with Gasteiger partial charge in [-0.15, -0.1) is 0 Å². The number of benzene rings is 1. The molecule has 0 unspecified atom stereocenters. The number of piperazine rings is 1. The maximum absolute atomic E-state index is 10.9. The Labute approximate surface area is 155 Å². The van der Waals surface area contributed by atoms with Gasteiger partial charge < -0.3 is 15.1 Å². The minimum atomic E-state index is 0.730. The van der Waals surface area contributed by atoms with Crippen LogP contribution in [0.1, 0.15) is 30.8 Å². The van der Waals surface area contributed by atoms with Gasteiger partial charge in [-0.25, -0.2) is 9.97 Å². The van der Waals surface area contributed by atoms with Crippen LogP contribution in [0.15, 0.2) is 24.3 Å². The molecule has 0 saturated carbocycles. The van der Waals surface area contributed by atoms with Gasteiger partial charge in [0.2, 0.25) is 6.41 Å². The lowest BCUT2D eigenvalue weighted by atomic mass is 10.0. The standard InChI is InChI=1S/C20H27N5O/c1-4-16-7-6-8-17(5-2)20(16)23-18-13-19(22-15(3)21-18)25-11-9-24(14-26)10-12-25/h6-8,13-14H,4-5,9-12H2,1-3H3,(H,21,22,23). The van der Waals surface area contributed by atoms with E-state index >= 15 is 0 Å². The maximum atomic E-state index is 10.9. The van der Waals surface area contributed by atoms with Gasteiger partial charge >= 0.3 is 0 Å². The van der Waals surface area contributed by atoms with Crippen LogP contribution >= 0.6 is 0 Å². The van der Waals surface area contributed by atoms with E-state index in [0.29, 0.717) is 0 Å². The van der Waals surface area contributed by atoms with Gasteiger partial charge in [0, 0.05) is 37.9 Å². The fourth-order valence-electron chi connectivity index (χ4n) is 3.37. The van der Waals surface area contributed by atoms with E-state index in [1.165, 1.54) is 11.1 Å². The van der Waals surface area contributed by atoms with Crippen molar-refractivity contribution >= 4 is 23.7 Å². The first kappa shape index (κ1) is 18.2. The van der Waals surface area contributed by atoms with Crippen molar-refractivity contribution in [2.45, 2.75) is 33.6 Å². The van der Waals surface area contributed by atoms with Crippen LogP contribution in [0.2, 0.25) is 0 Å². The van der Waals surface area contributed by atoms with Gasteiger partial charge in [-0.1, -0.05) is 32.0 Å². The highest BCUT2D eigenvalue weighted by atomic mass is 16.1. The maximum Gasteiger partial charge on any atom is 0.209 e. The number of para-hydroxylation sites is 1. The third kappa shape index (κ3) is 3.95. The predicted molar refractivity (Wildman–Crippen MR) is 105 cm³/mol. The Hall–Kier alpha value is -2.63. The number of nitrogens with one attached hydrogen (secondary N) is 1. The highest BCUT2D eigenvalue weighted by molar-refractivity contribution is 5.67. The van der Waals surface area contributed by atoms with Crippen molar-refractivity contribution in [1.29, 1.82) is 0 Å². The Bertz CT molecular complexity index is 747. The van der Waals surface area contributed by atoms with Crippen molar-refractivity contribution in [1.82, 2.24) is 14.9 Å². The number of hydrogen-bond acceptors (Lipinski definition) is 5. The Morgan fingerprint density at radius 1 is 1.08 bits per heavy atom. The molecule has 0 aliphatic carbocycles. The van der Waals surface area contributed by atoms with Crippen molar-refractivity contribution in [3.63, 3.8) is 0 Å². The lowest BCUT2D eigenvalue weighted by molar-refractivity contribution is -0.118. The van der Waals surface area contributed by atoms with Crippen LogP contribution in [0.4, 0.5) is 17.3 Å². The van der Waals surface area contributed by atoms with Crippen molar-refractivity contribution in [3.8, 4) is 0 Å². The summed E-state index contributed by atoms with van der Waals surface area (Å²) >= 11 is 0. The third-order valence-electron chi connectivity index (χ3n) is 4.86. The van der Waals surface area contributed by atoms with Crippen molar-refractivity contribution in [2.24, 2.45) is 0 Å². The lowest BCUT2D eigenvalue weighted by Gasteiger charge is -2.33. The van der Waals surface area contributed by atoms with Gasteiger partial charge in [0.15, 0.2) is 0 Å². The first-order valence-electron chi connectivity index (χ1n) is 9.32. The lowest BCUT2D eigenvalue weighted by Crippen LogP contribution is -2.46. The zero-order valence-electron chi connectivity index (χ0n) is 15.8. The average molecular weight is 353 g/mol. The van der Waals surface area contributed by atoms with Crippen LogP contribution in [0, 0.1) is 6.92 Å². The number of amides is 1. The van der Waals surface area contributed by atoms with E-state index in [2.05, 4.69) is 52.2 Å². The molecule has 6 nitrogen and oxygen atoms in total. The van der Waals surface area contributed by atoms with Crippen LogP contribution < -0.4 is 10.2 Å². The first-order valence-corrected chi connectivity index (χ1v) is 9.32. The van der Waals surface area contributed by atoms with E-state index in [9.17, 15) is 4.79 Å². The number of nitrogens with zero attached hydrogens (tertiary/aromatic N) is 4. The zero-order chi connectivity index (χ0) is 18.5. The Morgan fingerprint density at radius 2 is 1.73 bits per heavy atom. The molecule has 1 aromatic carbocycles. The molecule has 2 heterocycles. The molecule has 0 atom stereocenters. The van der Waals surface area contributed by atoms with Crippen molar-refractivity contribution < 1.29 is 4.79 Å². The molecule has 3 rings (SSSR count).